The first-order chi connectivity index (χ1) is 14.2. The van der Waals surface area contributed by atoms with Crippen LogP contribution in [0.4, 0.5) is 0 Å². The predicted octanol–water partition coefficient (Wildman–Crippen LogP) is 2.20. The van der Waals surface area contributed by atoms with Crippen molar-refractivity contribution in [3.8, 4) is 17.3 Å². The number of hydrogen-bond donors (Lipinski definition) is 1. The molecule has 7 heteroatoms. The van der Waals surface area contributed by atoms with Crippen molar-refractivity contribution in [2.45, 2.75) is 31.6 Å². The number of benzene rings is 1. The Hall–Kier alpha value is -3.50. The molecule has 1 saturated heterocycles. The van der Waals surface area contributed by atoms with E-state index in [0.29, 0.717) is 23.8 Å². The molecule has 4 heterocycles. The number of aromatic nitrogens is 3. The summed E-state index contributed by atoms with van der Waals surface area (Å²) in [4.78, 5) is 19.7. The van der Waals surface area contributed by atoms with Crippen LogP contribution in [0.1, 0.15) is 28.0 Å². The molecular formula is C22H20N6O. The molecule has 144 valence electrons. The largest absolute Gasteiger partial charge is 0.329 e. The second-order valence-corrected chi connectivity index (χ2v) is 7.55. The Labute approximate surface area is 168 Å². The smallest absolute Gasteiger partial charge is 0.273 e. The van der Waals surface area contributed by atoms with Gasteiger partial charge in [0.05, 0.1) is 23.9 Å². The van der Waals surface area contributed by atoms with E-state index in [1.165, 1.54) is 0 Å². The normalized spacial score (nSPS) is 20.7. The van der Waals surface area contributed by atoms with Crippen LogP contribution in [0.25, 0.3) is 11.3 Å². The van der Waals surface area contributed by atoms with Gasteiger partial charge in [0.1, 0.15) is 5.69 Å². The molecule has 0 aliphatic carbocycles. The minimum absolute atomic E-state index is 0.00942. The SMILES string of the molecule is N#Cc1cccc(-c2ccc3c(n2)C(=O)N([C@H]2CN[C@H](Cn4cccn4)C2)C3)c1. The topological polar surface area (TPSA) is 86.8 Å². The van der Waals surface area contributed by atoms with Crippen LogP contribution in [0.15, 0.2) is 54.9 Å². The number of hydrogen-bond acceptors (Lipinski definition) is 5. The summed E-state index contributed by atoms with van der Waals surface area (Å²) < 4.78 is 1.92. The molecule has 0 spiro atoms. The first kappa shape index (κ1) is 17.6. The molecule has 2 aliphatic heterocycles. The van der Waals surface area contributed by atoms with Gasteiger partial charge in [-0.1, -0.05) is 18.2 Å². The Kier molecular flexibility index (Phi) is 4.34. The number of pyridine rings is 1. The number of rotatable bonds is 4. The number of nitrogens with zero attached hydrogens (tertiary/aromatic N) is 5. The number of nitrogens with one attached hydrogen (secondary N) is 1. The van der Waals surface area contributed by atoms with Crippen molar-refractivity contribution in [2.75, 3.05) is 6.54 Å². The van der Waals surface area contributed by atoms with E-state index in [9.17, 15) is 4.79 Å². The fraction of sp³-hybridized carbons (Fsp3) is 0.273. The molecule has 1 fully saturated rings. The van der Waals surface area contributed by atoms with Crippen molar-refractivity contribution in [1.29, 1.82) is 5.26 Å². The van der Waals surface area contributed by atoms with Gasteiger partial charge in [-0.25, -0.2) is 4.98 Å². The van der Waals surface area contributed by atoms with Gasteiger partial charge in [0.15, 0.2) is 0 Å². The van der Waals surface area contributed by atoms with Crippen LogP contribution in [0.5, 0.6) is 0 Å². The molecule has 2 atom stereocenters. The zero-order valence-electron chi connectivity index (χ0n) is 15.8. The van der Waals surface area contributed by atoms with Crippen LogP contribution in [0.2, 0.25) is 0 Å². The highest BCUT2D eigenvalue weighted by Crippen LogP contribution is 2.29. The number of amides is 1. The van der Waals surface area contributed by atoms with E-state index in [2.05, 4.69) is 21.5 Å². The minimum Gasteiger partial charge on any atom is -0.329 e. The van der Waals surface area contributed by atoms with Crippen LogP contribution in [-0.2, 0) is 13.1 Å². The Morgan fingerprint density at radius 1 is 1.24 bits per heavy atom. The van der Waals surface area contributed by atoms with Gasteiger partial charge in [-0.05, 0) is 30.7 Å². The van der Waals surface area contributed by atoms with E-state index in [0.717, 1.165) is 36.3 Å². The lowest BCUT2D eigenvalue weighted by atomic mass is 10.1. The summed E-state index contributed by atoms with van der Waals surface area (Å²) in [6, 6.07) is 15.7. The molecule has 5 rings (SSSR count). The van der Waals surface area contributed by atoms with Crippen molar-refractivity contribution >= 4 is 5.91 Å². The quantitative estimate of drug-likeness (QED) is 0.745. The van der Waals surface area contributed by atoms with Gasteiger partial charge < -0.3 is 10.2 Å². The van der Waals surface area contributed by atoms with Crippen molar-refractivity contribution < 1.29 is 4.79 Å². The maximum atomic E-state index is 13.1. The molecule has 1 amide bonds. The zero-order valence-corrected chi connectivity index (χ0v) is 15.8. The third-order valence-corrected chi connectivity index (χ3v) is 5.68. The number of fused-ring (bicyclic) bond motifs is 1. The minimum atomic E-state index is -0.00942. The third kappa shape index (κ3) is 3.28. The zero-order chi connectivity index (χ0) is 19.8. The van der Waals surface area contributed by atoms with Crippen LogP contribution < -0.4 is 5.32 Å². The van der Waals surface area contributed by atoms with Crippen LogP contribution >= 0.6 is 0 Å². The van der Waals surface area contributed by atoms with Gasteiger partial charge in [-0.3, -0.25) is 9.48 Å². The van der Waals surface area contributed by atoms with Crippen LogP contribution in [-0.4, -0.2) is 44.2 Å². The van der Waals surface area contributed by atoms with Gasteiger partial charge in [-0.2, -0.15) is 10.4 Å². The lowest BCUT2D eigenvalue weighted by Gasteiger charge is -2.22. The highest BCUT2D eigenvalue weighted by molar-refractivity contribution is 5.97. The summed E-state index contributed by atoms with van der Waals surface area (Å²) in [7, 11) is 0. The molecule has 0 unspecified atom stereocenters. The predicted molar refractivity (Wildman–Crippen MR) is 107 cm³/mol. The summed E-state index contributed by atoms with van der Waals surface area (Å²) in [5, 5.41) is 16.9. The molecule has 7 nitrogen and oxygen atoms in total. The number of carbonyl (C=O) groups excluding carboxylic acids is 1. The molecular weight excluding hydrogens is 364 g/mol. The third-order valence-electron chi connectivity index (χ3n) is 5.68. The molecule has 1 N–H and O–H groups in total. The average molecular weight is 384 g/mol. The molecule has 3 aromatic rings. The number of nitriles is 1. The van der Waals surface area contributed by atoms with Gasteiger partial charge >= 0.3 is 0 Å². The van der Waals surface area contributed by atoms with Crippen molar-refractivity contribution in [1.82, 2.24) is 25.0 Å². The summed E-state index contributed by atoms with van der Waals surface area (Å²) in [6.07, 6.45) is 4.64. The van der Waals surface area contributed by atoms with Crippen molar-refractivity contribution in [2.24, 2.45) is 0 Å². The molecule has 0 radical (unpaired) electrons. The molecule has 29 heavy (non-hydrogen) atoms. The van der Waals surface area contributed by atoms with Gasteiger partial charge in [0.25, 0.3) is 5.91 Å². The first-order valence-corrected chi connectivity index (χ1v) is 9.73. The fourth-order valence-electron chi connectivity index (χ4n) is 4.20. The molecule has 0 bridgehead atoms. The Morgan fingerprint density at radius 3 is 3.00 bits per heavy atom. The summed E-state index contributed by atoms with van der Waals surface area (Å²) in [5.74, 6) is -0.00942. The van der Waals surface area contributed by atoms with Crippen molar-refractivity contribution in [3.63, 3.8) is 0 Å². The van der Waals surface area contributed by atoms with Gasteiger partial charge in [0.2, 0.25) is 0 Å². The summed E-state index contributed by atoms with van der Waals surface area (Å²) in [5.41, 5.74) is 3.64. The molecule has 1 aromatic carbocycles. The monoisotopic (exact) mass is 384 g/mol. The Balaban J connectivity index is 1.33. The van der Waals surface area contributed by atoms with Gasteiger partial charge in [-0.15, -0.1) is 0 Å². The van der Waals surface area contributed by atoms with E-state index in [1.54, 1.807) is 18.3 Å². The number of carbonyl (C=O) groups is 1. The average Bonchev–Trinajstić information content (AvgIpc) is 3.50. The van der Waals surface area contributed by atoms with Crippen LogP contribution in [0.3, 0.4) is 0 Å². The maximum absolute atomic E-state index is 13.1. The van der Waals surface area contributed by atoms with Crippen LogP contribution in [0, 0.1) is 11.3 Å². The molecule has 2 aliphatic rings. The lowest BCUT2D eigenvalue weighted by Crippen LogP contribution is -2.37. The van der Waals surface area contributed by atoms with Crippen molar-refractivity contribution in [3.05, 3.63) is 71.7 Å². The Morgan fingerprint density at radius 2 is 2.17 bits per heavy atom. The standard InChI is InChI=1S/C22H20N6O/c23-11-15-3-1-4-16(9-15)20-6-5-17-13-28(22(29)21(17)26-20)19-10-18(24-12-19)14-27-8-2-7-25-27/h1-9,18-19,24H,10,12-14H2/t18-,19+/m0/s1. The maximum Gasteiger partial charge on any atom is 0.273 e. The van der Waals surface area contributed by atoms with E-state index in [4.69, 9.17) is 5.26 Å². The van der Waals surface area contributed by atoms with E-state index >= 15 is 0 Å². The molecule has 2 aromatic heterocycles. The molecule has 0 saturated carbocycles. The van der Waals surface area contributed by atoms with E-state index in [-0.39, 0.29) is 11.9 Å². The second-order valence-electron chi connectivity index (χ2n) is 7.55. The second kappa shape index (κ2) is 7.15. The first-order valence-electron chi connectivity index (χ1n) is 9.73. The highest BCUT2D eigenvalue weighted by Gasteiger charge is 2.38. The van der Waals surface area contributed by atoms with E-state index < -0.39 is 0 Å². The lowest BCUT2D eigenvalue weighted by molar-refractivity contribution is 0.0711. The highest BCUT2D eigenvalue weighted by atomic mass is 16.2. The summed E-state index contributed by atoms with van der Waals surface area (Å²) >= 11 is 0. The Bertz CT molecular complexity index is 1100. The summed E-state index contributed by atoms with van der Waals surface area (Å²) in [6.45, 7) is 2.18. The van der Waals surface area contributed by atoms with E-state index in [1.807, 2.05) is 46.1 Å². The van der Waals surface area contributed by atoms with Gasteiger partial charge in [0, 0.05) is 48.7 Å². The fourth-order valence-corrected chi connectivity index (χ4v) is 4.20.